The Hall–Kier alpha value is -3.71. The average Bonchev–Trinajstić information content (AvgIpc) is 3.17. The molecule has 0 fully saturated rings. The van der Waals surface area contributed by atoms with Crippen molar-refractivity contribution in [1.29, 1.82) is 0 Å². The van der Waals surface area contributed by atoms with Gasteiger partial charge < -0.3 is 4.98 Å². The maximum atomic E-state index is 12.2. The fourth-order valence-corrected chi connectivity index (χ4v) is 4.39. The third-order valence-electron chi connectivity index (χ3n) is 5.20. The van der Waals surface area contributed by atoms with Crippen LogP contribution in [0.3, 0.4) is 0 Å². The van der Waals surface area contributed by atoms with Gasteiger partial charge in [-0.05, 0) is 18.6 Å². The van der Waals surface area contributed by atoms with E-state index in [1.54, 1.807) is 16.3 Å². The van der Waals surface area contributed by atoms with Crippen LogP contribution in [-0.4, -0.2) is 30.5 Å². The molecule has 2 heterocycles. The quantitative estimate of drug-likeness (QED) is 0.284. The number of nitrogens with zero attached hydrogens (tertiary/aromatic N) is 4. The second-order valence-corrected chi connectivity index (χ2v) is 8.39. The molecule has 0 saturated carbocycles. The molecular formula is C25H21N5OS. The van der Waals surface area contributed by atoms with Crippen LogP contribution in [0.15, 0.2) is 94.9 Å². The lowest BCUT2D eigenvalue weighted by Crippen LogP contribution is -2.17. The van der Waals surface area contributed by atoms with E-state index in [1.807, 2.05) is 84.9 Å². The lowest BCUT2D eigenvalue weighted by atomic mass is 10.0. The average molecular weight is 440 g/mol. The van der Waals surface area contributed by atoms with Crippen molar-refractivity contribution in [1.82, 2.24) is 24.7 Å². The Morgan fingerprint density at radius 3 is 2.19 bits per heavy atom. The number of benzene rings is 3. The lowest BCUT2D eigenvalue weighted by Gasteiger charge is -2.09. The van der Waals surface area contributed by atoms with Crippen LogP contribution in [0.5, 0.6) is 0 Å². The maximum absolute atomic E-state index is 12.2. The number of nitrogens with one attached hydrogen (secondary N) is 1. The zero-order chi connectivity index (χ0) is 21.8. The van der Waals surface area contributed by atoms with Crippen LogP contribution in [0.1, 0.15) is 6.42 Å². The second-order valence-electron chi connectivity index (χ2n) is 7.32. The number of aromatic nitrogens is 5. The zero-order valence-electron chi connectivity index (χ0n) is 17.3. The van der Waals surface area contributed by atoms with E-state index >= 15 is 0 Å². The minimum Gasteiger partial charge on any atom is -0.306 e. The zero-order valence-corrected chi connectivity index (χ0v) is 18.1. The van der Waals surface area contributed by atoms with Gasteiger partial charge in [-0.3, -0.25) is 4.57 Å². The molecule has 0 atom stereocenters. The first-order chi connectivity index (χ1) is 15.8. The van der Waals surface area contributed by atoms with Gasteiger partial charge in [0, 0.05) is 23.4 Å². The Labute approximate surface area is 189 Å². The summed E-state index contributed by atoms with van der Waals surface area (Å²) in [4.78, 5) is 20.0. The van der Waals surface area contributed by atoms with E-state index in [2.05, 4.69) is 15.2 Å². The van der Waals surface area contributed by atoms with E-state index in [-0.39, 0.29) is 5.69 Å². The molecule has 0 unspecified atom stereocenters. The molecule has 0 bridgehead atoms. The highest BCUT2D eigenvalue weighted by atomic mass is 32.2. The van der Waals surface area contributed by atoms with E-state index in [4.69, 9.17) is 4.98 Å². The number of thioether (sulfide) groups is 1. The van der Waals surface area contributed by atoms with Gasteiger partial charge in [0.2, 0.25) is 5.16 Å². The summed E-state index contributed by atoms with van der Waals surface area (Å²) in [5.74, 6) is 0.784. The van der Waals surface area contributed by atoms with Crippen molar-refractivity contribution in [2.45, 2.75) is 18.1 Å². The molecule has 0 spiro atoms. The Bertz CT molecular complexity index is 1400. The fourth-order valence-electron chi connectivity index (χ4n) is 3.67. The molecule has 0 aliphatic carbocycles. The number of aryl methyl sites for hydroxylation is 1. The van der Waals surface area contributed by atoms with Crippen LogP contribution in [0.2, 0.25) is 0 Å². The van der Waals surface area contributed by atoms with Crippen molar-refractivity contribution in [3.8, 4) is 22.5 Å². The molecule has 5 aromatic rings. The van der Waals surface area contributed by atoms with Crippen LogP contribution in [0.4, 0.5) is 0 Å². The van der Waals surface area contributed by atoms with Crippen LogP contribution < -0.4 is 5.69 Å². The molecule has 1 N–H and O–H groups in total. The number of rotatable bonds is 7. The number of aromatic amines is 1. The lowest BCUT2D eigenvalue weighted by molar-refractivity contribution is 0.678. The molecule has 3 aromatic carbocycles. The SMILES string of the molecule is O=c1[nH]c2ccccc2n1CCCSc1nnc(-c2ccccc2)c(-c2ccccc2)n1. The summed E-state index contributed by atoms with van der Waals surface area (Å²) in [5.41, 5.74) is 5.30. The van der Waals surface area contributed by atoms with Gasteiger partial charge in [0.15, 0.2) is 0 Å². The highest BCUT2D eigenvalue weighted by Gasteiger charge is 2.14. The summed E-state index contributed by atoms with van der Waals surface area (Å²) in [6.07, 6.45) is 0.816. The van der Waals surface area contributed by atoms with Gasteiger partial charge in [0.05, 0.1) is 11.0 Å². The highest BCUT2D eigenvalue weighted by Crippen LogP contribution is 2.29. The van der Waals surface area contributed by atoms with Gasteiger partial charge in [-0.25, -0.2) is 9.78 Å². The van der Waals surface area contributed by atoms with Gasteiger partial charge in [0.25, 0.3) is 0 Å². The third kappa shape index (κ3) is 4.20. The Balaban J connectivity index is 1.34. The molecule has 6 nitrogen and oxygen atoms in total. The monoisotopic (exact) mass is 439 g/mol. The van der Waals surface area contributed by atoms with Crippen molar-refractivity contribution in [2.75, 3.05) is 5.75 Å². The molecule has 0 aliphatic rings. The number of hydrogen-bond acceptors (Lipinski definition) is 5. The molecule has 0 radical (unpaired) electrons. The first-order valence-corrected chi connectivity index (χ1v) is 11.4. The molecule has 5 rings (SSSR count). The Morgan fingerprint density at radius 2 is 1.44 bits per heavy atom. The highest BCUT2D eigenvalue weighted by molar-refractivity contribution is 7.99. The van der Waals surface area contributed by atoms with E-state index in [0.29, 0.717) is 11.7 Å². The normalized spacial score (nSPS) is 11.1. The van der Waals surface area contributed by atoms with Crippen molar-refractivity contribution in [3.63, 3.8) is 0 Å². The van der Waals surface area contributed by atoms with Gasteiger partial charge in [0.1, 0.15) is 11.4 Å². The predicted molar refractivity (Wildman–Crippen MR) is 129 cm³/mol. The molecule has 0 aliphatic heterocycles. The Kier molecular flexibility index (Phi) is 5.81. The standard InChI is InChI=1S/C25H21N5OS/c31-25-26-20-14-7-8-15-21(20)30(25)16-9-17-32-24-27-22(18-10-3-1-4-11-18)23(28-29-24)19-12-5-2-6-13-19/h1-8,10-15H,9,16-17H2,(H,26,31). The fraction of sp³-hybridized carbons (Fsp3) is 0.120. The largest absolute Gasteiger partial charge is 0.326 e. The second kappa shape index (κ2) is 9.20. The van der Waals surface area contributed by atoms with E-state index in [0.717, 1.165) is 45.7 Å². The molecule has 32 heavy (non-hydrogen) atoms. The molecule has 0 saturated heterocycles. The van der Waals surface area contributed by atoms with Gasteiger partial charge >= 0.3 is 5.69 Å². The van der Waals surface area contributed by atoms with Crippen molar-refractivity contribution in [2.24, 2.45) is 0 Å². The number of H-pyrrole nitrogens is 1. The van der Waals surface area contributed by atoms with Gasteiger partial charge in [-0.1, -0.05) is 84.6 Å². The summed E-state index contributed by atoms with van der Waals surface area (Å²) in [7, 11) is 0. The summed E-state index contributed by atoms with van der Waals surface area (Å²) in [6.45, 7) is 0.636. The van der Waals surface area contributed by atoms with E-state index < -0.39 is 0 Å². The topological polar surface area (TPSA) is 76.5 Å². The maximum Gasteiger partial charge on any atom is 0.326 e. The van der Waals surface area contributed by atoms with Gasteiger partial charge in [-0.15, -0.1) is 10.2 Å². The summed E-state index contributed by atoms with van der Waals surface area (Å²) >= 11 is 1.56. The number of imidazole rings is 1. The summed E-state index contributed by atoms with van der Waals surface area (Å²) < 4.78 is 1.78. The number of para-hydroxylation sites is 2. The molecular weight excluding hydrogens is 418 g/mol. The number of hydrogen-bond donors (Lipinski definition) is 1. The molecule has 2 aromatic heterocycles. The first-order valence-electron chi connectivity index (χ1n) is 10.5. The molecule has 7 heteroatoms. The van der Waals surface area contributed by atoms with Gasteiger partial charge in [-0.2, -0.15) is 0 Å². The van der Waals surface area contributed by atoms with Crippen LogP contribution in [0, 0.1) is 0 Å². The van der Waals surface area contributed by atoms with Crippen molar-refractivity contribution >= 4 is 22.8 Å². The number of fused-ring (bicyclic) bond motifs is 1. The molecule has 158 valence electrons. The van der Waals surface area contributed by atoms with Crippen LogP contribution >= 0.6 is 11.8 Å². The van der Waals surface area contributed by atoms with Crippen LogP contribution in [0.25, 0.3) is 33.5 Å². The minimum atomic E-state index is -0.0762. The summed E-state index contributed by atoms with van der Waals surface area (Å²) in [5, 5.41) is 9.52. The third-order valence-corrected chi connectivity index (χ3v) is 6.12. The summed E-state index contributed by atoms with van der Waals surface area (Å²) in [6, 6.07) is 27.8. The van der Waals surface area contributed by atoms with Crippen molar-refractivity contribution in [3.05, 3.63) is 95.4 Å². The smallest absolute Gasteiger partial charge is 0.306 e. The Morgan fingerprint density at radius 1 is 0.781 bits per heavy atom. The van der Waals surface area contributed by atoms with Crippen LogP contribution in [-0.2, 0) is 6.54 Å². The first kappa shape index (κ1) is 20.2. The van der Waals surface area contributed by atoms with E-state index in [1.165, 1.54) is 0 Å². The molecule has 0 amide bonds. The predicted octanol–water partition coefficient (Wildman–Crippen LogP) is 5.03. The van der Waals surface area contributed by atoms with E-state index in [9.17, 15) is 4.79 Å². The minimum absolute atomic E-state index is 0.0762. The van der Waals surface area contributed by atoms with Crippen molar-refractivity contribution < 1.29 is 0 Å².